The number of ether oxygens (including phenoxy) is 1. The Morgan fingerprint density at radius 2 is 2.13 bits per heavy atom. The Hall–Kier alpha value is -2.83. The minimum atomic E-state index is -1.42. The quantitative estimate of drug-likeness (QED) is 0.190. The van der Waals surface area contributed by atoms with Crippen molar-refractivity contribution in [3.05, 3.63) is 24.0 Å². The Bertz CT molecular complexity index is 814. The Labute approximate surface area is 178 Å². The summed E-state index contributed by atoms with van der Waals surface area (Å²) in [5, 5.41) is 24.9. The number of carbonyl (C=O) groups excluding carboxylic acids is 1. The monoisotopic (exact) mass is 440 g/mol. The van der Waals surface area contributed by atoms with E-state index >= 15 is 0 Å². The molecule has 10 nitrogen and oxygen atoms in total. The number of thiocarbonyl (C=S) groups is 1. The van der Waals surface area contributed by atoms with Crippen LogP contribution < -0.4 is 16.1 Å². The molecule has 1 amide bonds. The smallest absolute Gasteiger partial charge is 0.256 e. The lowest BCUT2D eigenvalue weighted by Gasteiger charge is -2.36. The van der Waals surface area contributed by atoms with E-state index in [4.69, 9.17) is 27.9 Å². The summed E-state index contributed by atoms with van der Waals surface area (Å²) in [6, 6.07) is 4.56. The molecule has 0 aliphatic carbocycles. The summed E-state index contributed by atoms with van der Waals surface area (Å²) < 4.78 is 19.4. The molecule has 30 heavy (non-hydrogen) atoms. The van der Waals surface area contributed by atoms with Crippen molar-refractivity contribution in [2.24, 2.45) is 15.9 Å². The van der Waals surface area contributed by atoms with E-state index in [1.54, 1.807) is 17.0 Å². The lowest BCUT2D eigenvalue weighted by molar-refractivity contribution is -0.142. The first kappa shape index (κ1) is 23.4. The van der Waals surface area contributed by atoms with Crippen LogP contribution in [-0.4, -0.2) is 90.7 Å². The maximum absolute atomic E-state index is 14.6. The van der Waals surface area contributed by atoms with Gasteiger partial charge < -0.3 is 35.9 Å². The van der Waals surface area contributed by atoms with Crippen molar-refractivity contribution in [2.45, 2.75) is 6.10 Å². The Kier molecular flexibility index (Phi) is 8.89. The average molecular weight is 441 g/mol. The van der Waals surface area contributed by atoms with Crippen LogP contribution in [0, 0.1) is 5.82 Å². The molecule has 1 aliphatic heterocycles. The van der Waals surface area contributed by atoms with Gasteiger partial charge >= 0.3 is 0 Å². The van der Waals surface area contributed by atoms with Gasteiger partial charge in [0.2, 0.25) is 0 Å². The first-order chi connectivity index (χ1) is 14.4. The molecule has 0 aromatic heterocycles. The van der Waals surface area contributed by atoms with Crippen molar-refractivity contribution in [1.82, 2.24) is 10.2 Å². The number of methoxy groups -OCH3 is 1. The normalized spacial score (nSPS) is 15.9. The highest BCUT2D eigenvalue weighted by atomic mass is 32.1. The number of aliphatic hydroxyl groups excluding tert-OH is 2. The molecule has 1 unspecified atom stereocenters. The zero-order valence-corrected chi connectivity index (χ0v) is 17.3. The molecule has 0 spiro atoms. The molecule has 2 rings (SSSR count). The highest BCUT2D eigenvalue weighted by Crippen LogP contribution is 2.25. The van der Waals surface area contributed by atoms with Crippen LogP contribution in [0.15, 0.2) is 28.3 Å². The van der Waals surface area contributed by atoms with E-state index in [0.717, 1.165) is 0 Å². The standard InChI is InChI=1S/C18H25FN6O4S/c1-29-18(30)22-10-13(23-20)9-21-12-2-3-15(14(19)8-12)24-4-6-25(7-5-24)17(28)16(27)11-26/h2-3,8-9,16,26-27H,4-7,10-11,20H2,1H3,(H,22,30). The molecule has 1 heterocycles. The zero-order valence-electron chi connectivity index (χ0n) is 16.5. The third-order valence-electron chi connectivity index (χ3n) is 4.45. The molecule has 0 radical (unpaired) electrons. The topological polar surface area (TPSA) is 136 Å². The zero-order chi connectivity index (χ0) is 22.1. The number of halogens is 1. The number of nitrogens with two attached hydrogens (primary N) is 1. The van der Waals surface area contributed by atoms with Gasteiger partial charge in [0.15, 0.2) is 6.10 Å². The summed E-state index contributed by atoms with van der Waals surface area (Å²) in [6.45, 7) is 1.03. The molecular weight excluding hydrogens is 415 g/mol. The van der Waals surface area contributed by atoms with Gasteiger partial charge in [-0.25, -0.2) is 4.39 Å². The number of hydrazone groups is 1. The lowest BCUT2D eigenvalue weighted by atomic mass is 10.2. The number of benzene rings is 1. The van der Waals surface area contributed by atoms with Crippen LogP contribution in [0.25, 0.3) is 0 Å². The average Bonchev–Trinajstić information content (AvgIpc) is 2.78. The number of anilines is 1. The summed E-state index contributed by atoms with van der Waals surface area (Å²) in [5.41, 5.74) is 1.17. The van der Waals surface area contributed by atoms with E-state index in [-0.39, 0.29) is 11.7 Å². The number of rotatable bonds is 7. The van der Waals surface area contributed by atoms with Crippen LogP contribution in [0.2, 0.25) is 0 Å². The molecule has 0 saturated carbocycles. The highest BCUT2D eigenvalue weighted by molar-refractivity contribution is 7.80. The number of hydrogen-bond acceptors (Lipinski definition) is 9. The fourth-order valence-electron chi connectivity index (χ4n) is 2.80. The maximum atomic E-state index is 14.6. The molecule has 1 atom stereocenters. The summed E-state index contributed by atoms with van der Waals surface area (Å²) in [5.74, 6) is 4.33. The predicted octanol–water partition coefficient (Wildman–Crippen LogP) is -0.635. The Balaban J connectivity index is 1.97. The van der Waals surface area contributed by atoms with Crippen LogP contribution in [0.1, 0.15) is 0 Å². The fraction of sp³-hybridized carbons (Fsp3) is 0.444. The lowest BCUT2D eigenvalue weighted by Crippen LogP contribution is -2.52. The minimum Gasteiger partial charge on any atom is -0.474 e. The number of aliphatic imine (C=N–C) groups is 1. The van der Waals surface area contributed by atoms with Gasteiger partial charge in [0.1, 0.15) is 5.82 Å². The second-order valence-corrected chi connectivity index (χ2v) is 6.74. The molecule has 1 saturated heterocycles. The number of amides is 1. The van der Waals surface area contributed by atoms with Gasteiger partial charge in [-0.3, -0.25) is 9.79 Å². The van der Waals surface area contributed by atoms with E-state index in [2.05, 4.69) is 15.4 Å². The van der Waals surface area contributed by atoms with Crippen molar-refractivity contribution >= 4 is 46.6 Å². The van der Waals surface area contributed by atoms with Crippen molar-refractivity contribution in [3.8, 4) is 0 Å². The van der Waals surface area contributed by atoms with Gasteiger partial charge in [-0.2, -0.15) is 5.10 Å². The van der Waals surface area contributed by atoms with Gasteiger partial charge in [-0.15, -0.1) is 0 Å². The molecule has 164 valence electrons. The molecule has 1 aromatic rings. The van der Waals surface area contributed by atoms with Crippen LogP contribution >= 0.6 is 12.2 Å². The number of hydrogen-bond donors (Lipinski definition) is 4. The number of nitrogens with one attached hydrogen (secondary N) is 1. The molecule has 5 N–H and O–H groups in total. The van der Waals surface area contributed by atoms with Gasteiger partial charge in [-0.1, -0.05) is 0 Å². The van der Waals surface area contributed by atoms with Crippen molar-refractivity contribution in [1.29, 1.82) is 0 Å². The predicted molar refractivity (Wildman–Crippen MR) is 116 cm³/mol. The molecule has 0 bridgehead atoms. The second kappa shape index (κ2) is 11.4. The van der Waals surface area contributed by atoms with Crippen LogP contribution in [-0.2, 0) is 9.53 Å². The number of carbonyl (C=O) groups is 1. The van der Waals surface area contributed by atoms with Crippen LogP contribution in [0.4, 0.5) is 15.8 Å². The SMILES string of the molecule is COC(=S)NCC(C=Nc1ccc(N2CCN(C(=O)C(O)CO)CC2)c(F)c1)=NN. The minimum absolute atomic E-state index is 0.188. The van der Waals surface area contributed by atoms with E-state index in [9.17, 15) is 14.3 Å². The number of nitrogens with zero attached hydrogens (tertiary/aromatic N) is 4. The van der Waals surface area contributed by atoms with Gasteiger partial charge in [0.25, 0.3) is 11.1 Å². The van der Waals surface area contributed by atoms with E-state index in [1.165, 1.54) is 24.3 Å². The highest BCUT2D eigenvalue weighted by Gasteiger charge is 2.26. The van der Waals surface area contributed by atoms with Crippen LogP contribution in [0.3, 0.4) is 0 Å². The van der Waals surface area contributed by atoms with Gasteiger partial charge in [-0.05, 0) is 24.4 Å². The first-order valence-electron chi connectivity index (χ1n) is 9.14. The van der Waals surface area contributed by atoms with Crippen molar-refractivity contribution in [3.63, 3.8) is 0 Å². The van der Waals surface area contributed by atoms with Gasteiger partial charge in [0.05, 0.1) is 43.6 Å². The third-order valence-corrected chi connectivity index (χ3v) is 4.76. The number of piperazine rings is 1. The molecule has 1 aliphatic rings. The van der Waals surface area contributed by atoms with Crippen molar-refractivity contribution < 1.29 is 24.1 Å². The maximum Gasteiger partial charge on any atom is 0.256 e. The third kappa shape index (κ3) is 6.34. The van der Waals surface area contributed by atoms with Crippen molar-refractivity contribution in [2.75, 3.05) is 51.3 Å². The second-order valence-electron chi connectivity index (χ2n) is 6.37. The number of aliphatic hydroxyl groups is 2. The first-order valence-corrected chi connectivity index (χ1v) is 9.55. The molecule has 12 heteroatoms. The summed E-state index contributed by atoms with van der Waals surface area (Å²) >= 11 is 4.86. The molecular formula is C18H25FN6O4S. The summed E-state index contributed by atoms with van der Waals surface area (Å²) in [7, 11) is 1.43. The fourth-order valence-corrected chi connectivity index (χ4v) is 2.87. The summed E-state index contributed by atoms with van der Waals surface area (Å²) in [6.07, 6.45) is -0.0241. The van der Waals surface area contributed by atoms with Crippen LogP contribution in [0.5, 0.6) is 0 Å². The van der Waals surface area contributed by atoms with E-state index in [0.29, 0.717) is 43.3 Å². The Morgan fingerprint density at radius 1 is 1.43 bits per heavy atom. The molecule has 1 fully saturated rings. The van der Waals surface area contributed by atoms with Gasteiger partial charge in [0, 0.05) is 32.2 Å². The molecule has 1 aromatic carbocycles. The summed E-state index contributed by atoms with van der Waals surface area (Å²) in [4.78, 5) is 19.3. The van der Waals surface area contributed by atoms with E-state index in [1.807, 2.05) is 0 Å². The Morgan fingerprint density at radius 3 is 2.70 bits per heavy atom. The van der Waals surface area contributed by atoms with E-state index < -0.39 is 24.4 Å². The largest absolute Gasteiger partial charge is 0.474 e.